The van der Waals surface area contributed by atoms with Crippen LogP contribution in [0.15, 0.2) is 22.7 Å². The molecule has 1 aliphatic carbocycles. The van der Waals surface area contributed by atoms with E-state index in [9.17, 15) is 0 Å². The van der Waals surface area contributed by atoms with Gasteiger partial charge >= 0.3 is 0 Å². The number of hydrogen-bond donors (Lipinski definition) is 1. The summed E-state index contributed by atoms with van der Waals surface area (Å²) in [5.41, 5.74) is 1.71. The number of rotatable bonds is 5. The summed E-state index contributed by atoms with van der Waals surface area (Å²) in [6.07, 6.45) is 6.71. The van der Waals surface area contributed by atoms with Crippen LogP contribution in [0.5, 0.6) is 5.75 Å². The maximum atomic E-state index is 5.31. The Labute approximate surface area is 131 Å². The van der Waals surface area contributed by atoms with Crippen LogP contribution >= 0.6 is 15.9 Å². The van der Waals surface area contributed by atoms with E-state index in [1.54, 1.807) is 7.11 Å². The van der Waals surface area contributed by atoms with Gasteiger partial charge in [-0.1, -0.05) is 55.1 Å². The normalized spacial score (nSPS) is 19.6. The Hall–Kier alpha value is -0.540. The van der Waals surface area contributed by atoms with Crippen molar-refractivity contribution in [2.45, 2.75) is 52.0 Å². The average molecular weight is 340 g/mol. The van der Waals surface area contributed by atoms with Gasteiger partial charge in [-0.15, -0.1) is 0 Å². The third-order valence-electron chi connectivity index (χ3n) is 4.62. The smallest absolute Gasteiger partial charge is 0.120 e. The maximum Gasteiger partial charge on any atom is 0.120 e. The second-order valence-corrected chi connectivity index (χ2v) is 6.95. The van der Waals surface area contributed by atoms with Crippen LogP contribution in [0.2, 0.25) is 0 Å². The highest BCUT2D eigenvalue weighted by Gasteiger charge is 2.36. The molecule has 112 valence electrons. The fraction of sp³-hybridized carbons (Fsp3) is 0.647. The van der Waals surface area contributed by atoms with E-state index in [4.69, 9.17) is 4.74 Å². The maximum absolute atomic E-state index is 5.31. The van der Waals surface area contributed by atoms with Gasteiger partial charge in [0.05, 0.1) is 7.11 Å². The minimum Gasteiger partial charge on any atom is -0.497 e. The van der Waals surface area contributed by atoms with Gasteiger partial charge in [-0.3, -0.25) is 0 Å². The van der Waals surface area contributed by atoms with Gasteiger partial charge in [0.25, 0.3) is 0 Å². The molecule has 1 unspecified atom stereocenters. The molecular formula is C17H26BrNO. The lowest BCUT2D eigenvalue weighted by molar-refractivity contribution is 0.145. The van der Waals surface area contributed by atoms with E-state index in [1.165, 1.54) is 37.7 Å². The highest BCUT2D eigenvalue weighted by molar-refractivity contribution is 9.10. The predicted molar refractivity (Wildman–Crippen MR) is 88.3 cm³/mol. The molecule has 0 saturated heterocycles. The van der Waals surface area contributed by atoms with E-state index in [0.29, 0.717) is 11.5 Å². The van der Waals surface area contributed by atoms with Gasteiger partial charge in [0.1, 0.15) is 5.75 Å². The van der Waals surface area contributed by atoms with Crippen LogP contribution in [0.1, 0.15) is 57.6 Å². The third kappa shape index (κ3) is 3.37. The summed E-state index contributed by atoms with van der Waals surface area (Å²) < 4.78 is 6.46. The highest BCUT2D eigenvalue weighted by atomic mass is 79.9. The number of nitrogens with one attached hydrogen (secondary N) is 1. The quantitative estimate of drug-likeness (QED) is 0.807. The van der Waals surface area contributed by atoms with Crippen LogP contribution in [0, 0.1) is 5.41 Å². The minimum absolute atomic E-state index is 0.353. The zero-order valence-electron chi connectivity index (χ0n) is 12.8. The molecule has 0 radical (unpaired) electrons. The Morgan fingerprint density at radius 3 is 2.55 bits per heavy atom. The molecule has 1 atom stereocenters. The average Bonchev–Trinajstić information content (AvgIpc) is 2.46. The Morgan fingerprint density at radius 2 is 2.00 bits per heavy atom. The summed E-state index contributed by atoms with van der Waals surface area (Å²) in [7, 11) is 1.71. The van der Waals surface area contributed by atoms with Crippen molar-refractivity contribution in [1.29, 1.82) is 0 Å². The van der Waals surface area contributed by atoms with Crippen molar-refractivity contribution in [3.63, 3.8) is 0 Å². The first kappa shape index (κ1) is 15.8. The molecule has 2 nitrogen and oxygen atoms in total. The zero-order chi connectivity index (χ0) is 14.6. The summed E-state index contributed by atoms with van der Waals surface area (Å²) in [6.45, 7) is 5.63. The Morgan fingerprint density at radius 1 is 1.30 bits per heavy atom. The number of ether oxygens (including phenoxy) is 1. The molecule has 0 amide bonds. The molecule has 0 aromatic heterocycles. The molecule has 1 saturated carbocycles. The van der Waals surface area contributed by atoms with Crippen molar-refractivity contribution >= 4 is 15.9 Å². The molecule has 2 rings (SSSR count). The van der Waals surface area contributed by atoms with Crippen LogP contribution in [-0.2, 0) is 0 Å². The summed E-state index contributed by atoms with van der Waals surface area (Å²) in [5.74, 6) is 0.907. The molecule has 20 heavy (non-hydrogen) atoms. The summed E-state index contributed by atoms with van der Waals surface area (Å²) in [4.78, 5) is 0. The number of benzene rings is 1. The van der Waals surface area contributed by atoms with Gasteiger partial charge in [-0.25, -0.2) is 0 Å². The van der Waals surface area contributed by atoms with Crippen LogP contribution in [-0.4, -0.2) is 13.7 Å². The van der Waals surface area contributed by atoms with Gasteiger partial charge in [0.2, 0.25) is 0 Å². The molecule has 0 spiro atoms. The first-order valence-corrected chi connectivity index (χ1v) is 8.47. The largest absolute Gasteiger partial charge is 0.497 e. The van der Waals surface area contributed by atoms with E-state index in [-0.39, 0.29) is 0 Å². The Kier molecular flexibility index (Phi) is 5.50. The van der Waals surface area contributed by atoms with Crippen molar-refractivity contribution in [3.05, 3.63) is 28.2 Å². The Bertz CT molecular complexity index is 441. The van der Waals surface area contributed by atoms with Crippen LogP contribution < -0.4 is 10.1 Å². The molecule has 1 aromatic carbocycles. The van der Waals surface area contributed by atoms with Crippen LogP contribution in [0.25, 0.3) is 0 Å². The lowest BCUT2D eigenvalue weighted by Crippen LogP contribution is -2.38. The van der Waals surface area contributed by atoms with Crippen molar-refractivity contribution in [1.82, 2.24) is 5.32 Å². The molecule has 1 aliphatic rings. The lowest BCUT2D eigenvalue weighted by atomic mass is 9.68. The number of halogens is 1. The Balaban J connectivity index is 2.32. The first-order valence-electron chi connectivity index (χ1n) is 7.67. The van der Waals surface area contributed by atoms with Crippen LogP contribution in [0.3, 0.4) is 0 Å². The monoisotopic (exact) mass is 339 g/mol. The molecular weight excluding hydrogens is 314 g/mol. The summed E-state index contributed by atoms with van der Waals surface area (Å²) in [6, 6.07) is 6.76. The molecule has 0 heterocycles. The fourth-order valence-electron chi connectivity index (χ4n) is 3.45. The SMILES string of the molecule is CCNC(c1ccc(OC)cc1Br)C1(C)CCCCC1. The second kappa shape index (κ2) is 6.95. The third-order valence-corrected chi connectivity index (χ3v) is 5.31. The van der Waals surface area contributed by atoms with E-state index in [1.807, 2.05) is 0 Å². The second-order valence-electron chi connectivity index (χ2n) is 6.09. The summed E-state index contributed by atoms with van der Waals surface area (Å²) in [5, 5.41) is 3.72. The predicted octanol–water partition coefficient (Wildman–Crippen LogP) is 5.08. The molecule has 0 aliphatic heterocycles. The lowest BCUT2D eigenvalue weighted by Gasteiger charge is -2.42. The van der Waals surface area contributed by atoms with Gasteiger partial charge in [-0.05, 0) is 42.5 Å². The standard InChI is InChI=1S/C17H26BrNO/c1-4-19-16(17(2)10-6-5-7-11-17)14-9-8-13(20-3)12-15(14)18/h8-9,12,16,19H,4-7,10-11H2,1-3H3. The van der Waals surface area contributed by atoms with E-state index >= 15 is 0 Å². The van der Waals surface area contributed by atoms with E-state index in [2.05, 4.69) is 53.3 Å². The molecule has 0 bridgehead atoms. The molecule has 1 fully saturated rings. The fourth-order valence-corrected chi connectivity index (χ4v) is 4.04. The van der Waals surface area contributed by atoms with Gasteiger partial charge < -0.3 is 10.1 Å². The minimum atomic E-state index is 0.353. The van der Waals surface area contributed by atoms with Crippen molar-refractivity contribution in [3.8, 4) is 5.75 Å². The van der Waals surface area contributed by atoms with Crippen LogP contribution in [0.4, 0.5) is 0 Å². The van der Waals surface area contributed by atoms with Gasteiger partial charge in [0.15, 0.2) is 0 Å². The summed E-state index contributed by atoms with van der Waals surface area (Å²) >= 11 is 3.73. The number of hydrogen-bond acceptors (Lipinski definition) is 2. The van der Waals surface area contributed by atoms with Gasteiger partial charge in [0, 0.05) is 10.5 Å². The highest BCUT2D eigenvalue weighted by Crippen LogP contribution is 2.47. The molecule has 1 N–H and O–H groups in total. The van der Waals surface area contributed by atoms with Gasteiger partial charge in [-0.2, -0.15) is 0 Å². The van der Waals surface area contributed by atoms with Crippen molar-refractivity contribution in [2.24, 2.45) is 5.41 Å². The molecule has 3 heteroatoms. The first-order chi connectivity index (χ1) is 9.60. The number of methoxy groups -OCH3 is 1. The topological polar surface area (TPSA) is 21.3 Å². The molecule has 1 aromatic rings. The van der Waals surface area contributed by atoms with Crippen molar-refractivity contribution < 1.29 is 4.74 Å². The van der Waals surface area contributed by atoms with Crippen molar-refractivity contribution in [2.75, 3.05) is 13.7 Å². The van der Waals surface area contributed by atoms with E-state index in [0.717, 1.165) is 16.8 Å². The zero-order valence-corrected chi connectivity index (χ0v) is 14.4. The van der Waals surface area contributed by atoms with E-state index < -0.39 is 0 Å².